The number of methoxy groups -OCH3 is 1. The summed E-state index contributed by atoms with van der Waals surface area (Å²) in [4.78, 5) is 36.9. The summed E-state index contributed by atoms with van der Waals surface area (Å²) in [5.41, 5.74) is 8.11. The van der Waals surface area contributed by atoms with Gasteiger partial charge >= 0.3 is 5.97 Å². The second-order valence-electron chi connectivity index (χ2n) is 7.62. The lowest BCUT2D eigenvalue weighted by Crippen LogP contribution is -2.24. The van der Waals surface area contributed by atoms with Gasteiger partial charge in [0.05, 0.1) is 23.6 Å². The van der Waals surface area contributed by atoms with Crippen molar-refractivity contribution in [1.82, 2.24) is 4.57 Å². The molecule has 0 saturated heterocycles. The average molecular weight is 463 g/mol. The Hall–Kier alpha value is -4.17. The highest BCUT2D eigenvalue weighted by Gasteiger charge is 2.29. The molecule has 0 aliphatic rings. The summed E-state index contributed by atoms with van der Waals surface area (Å²) in [6, 6.07) is 19.3. The predicted molar refractivity (Wildman–Crippen MR) is 129 cm³/mol. The van der Waals surface area contributed by atoms with Crippen LogP contribution in [0.15, 0.2) is 60.7 Å². The lowest BCUT2D eigenvalue weighted by molar-refractivity contribution is -0.142. The Labute approximate surface area is 196 Å². The topological polar surface area (TPSA) is 132 Å². The first-order valence-corrected chi connectivity index (χ1v) is 10.6. The zero-order valence-corrected chi connectivity index (χ0v) is 19.0. The third-order valence-electron chi connectivity index (χ3n) is 5.66. The number of carbonyl (C=O) groups is 3. The lowest BCUT2D eigenvalue weighted by Gasteiger charge is -2.13. The summed E-state index contributed by atoms with van der Waals surface area (Å²) in [6.45, 7) is 2.07. The first-order valence-electron chi connectivity index (χ1n) is 10.6. The van der Waals surface area contributed by atoms with Gasteiger partial charge in [-0.15, -0.1) is 0 Å². The van der Waals surface area contributed by atoms with Crippen molar-refractivity contribution >= 4 is 39.3 Å². The normalized spacial score (nSPS) is 10.6. The van der Waals surface area contributed by atoms with Crippen molar-refractivity contribution in [3.8, 4) is 5.75 Å². The number of hydrogen-bond acceptors (Lipinski definition) is 5. The van der Waals surface area contributed by atoms with Crippen molar-refractivity contribution in [1.29, 1.82) is 0 Å². The molecule has 0 saturated carbocycles. The minimum atomic E-state index is -1.05. The van der Waals surface area contributed by atoms with E-state index in [2.05, 4.69) is 0 Å². The molecular formula is C26H26N2O6. The van der Waals surface area contributed by atoms with Crippen LogP contribution < -0.4 is 10.5 Å². The molecule has 4 rings (SSSR count). The monoisotopic (exact) mass is 462 g/mol. The SMILES string of the molecule is CCc1c(C(=O)C(N)=O)c2c(OCC(=O)OC)cc3ccccc3c2n1Cc1ccccc1.O. The van der Waals surface area contributed by atoms with Crippen LogP contribution in [0.2, 0.25) is 0 Å². The number of aromatic nitrogens is 1. The third-order valence-corrected chi connectivity index (χ3v) is 5.66. The van der Waals surface area contributed by atoms with Crippen molar-refractivity contribution < 1.29 is 29.3 Å². The number of esters is 1. The number of benzene rings is 3. The molecule has 4 N–H and O–H groups in total. The van der Waals surface area contributed by atoms with Crippen LogP contribution in [0.1, 0.15) is 28.5 Å². The molecule has 4 aromatic rings. The molecule has 3 aromatic carbocycles. The lowest BCUT2D eigenvalue weighted by atomic mass is 10.0. The Balaban J connectivity index is 0.00000324. The molecule has 0 aliphatic carbocycles. The number of ether oxygens (including phenoxy) is 2. The van der Waals surface area contributed by atoms with Crippen LogP contribution in [0.5, 0.6) is 5.75 Å². The molecule has 1 aromatic heterocycles. The summed E-state index contributed by atoms with van der Waals surface area (Å²) >= 11 is 0. The van der Waals surface area contributed by atoms with Crippen LogP contribution in [0.3, 0.4) is 0 Å². The Kier molecular flexibility index (Phi) is 7.33. The predicted octanol–water partition coefficient (Wildman–Crippen LogP) is 2.80. The summed E-state index contributed by atoms with van der Waals surface area (Å²) in [7, 11) is 1.27. The molecule has 0 fully saturated rings. The largest absolute Gasteiger partial charge is 0.481 e. The van der Waals surface area contributed by atoms with Gasteiger partial charge in [0.1, 0.15) is 5.75 Å². The second kappa shape index (κ2) is 10.2. The Morgan fingerprint density at radius 2 is 1.68 bits per heavy atom. The molecule has 0 unspecified atom stereocenters. The molecule has 34 heavy (non-hydrogen) atoms. The highest BCUT2D eigenvalue weighted by atomic mass is 16.6. The highest BCUT2D eigenvalue weighted by Crippen LogP contribution is 2.40. The van der Waals surface area contributed by atoms with Crippen LogP contribution in [0.25, 0.3) is 21.7 Å². The van der Waals surface area contributed by atoms with Crippen LogP contribution in [0, 0.1) is 0 Å². The molecule has 0 atom stereocenters. The number of hydrogen-bond donors (Lipinski definition) is 1. The Bertz CT molecular complexity index is 1370. The van der Waals surface area contributed by atoms with Crippen LogP contribution in [0.4, 0.5) is 0 Å². The number of nitrogens with two attached hydrogens (primary N) is 1. The number of amides is 1. The highest BCUT2D eigenvalue weighted by molar-refractivity contribution is 6.45. The van der Waals surface area contributed by atoms with Crippen LogP contribution in [-0.4, -0.2) is 41.4 Å². The third kappa shape index (κ3) is 4.35. The summed E-state index contributed by atoms with van der Waals surface area (Å²) < 4.78 is 12.6. The van der Waals surface area contributed by atoms with Crippen molar-refractivity contribution in [3.63, 3.8) is 0 Å². The number of primary amides is 1. The quantitative estimate of drug-likeness (QED) is 0.244. The van der Waals surface area contributed by atoms with Gasteiger partial charge in [-0.05, 0) is 23.4 Å². The fraction of sp³-hybridized carbons (Fsp3) is 0.192. The molecule has 0 bridgehead atoms. The number of rotatable bonds is 8. The number of ketones is 1. The van der Waals surface area contributed by atoms with Crippen LogP contribution >= 0.6 is 0 Å². The fourth-order valence-electron chi connectivity index (χ4n) is 4.22. The minimum absolute atomic E-state index is 0. The minimum Gasteiger partial charge on any atom is -0.481 e. The van der Waals surface area contributed by atoms with E-state index in [-0.39, 0.29) is 17.6 Å². The van der Waals surface area contributed by atoms with E-state index in [4.69, 9.17) is 15.2 Å². The van der Waals surface area contributed by atoms with Gasteiger partial charge < -0.3 is 25.3 Å². The van der Waals surface area contributed by atoms with E-state index in [0.717, 1.165) is 21.9 Å². The van der Waals surface area contributed by atoms with Crippen LogP contribution in [-0.2, 0) is 27.3 Å². The van der Waals surface area contributed by atoms with Gasteiger partial charge in [0.15, 0.2) is 6.61 Å². The van der Waals surface area contributed by atoms with Gasteiger partial charge in [0.25, 0.3) is 11.7 Å². The van der Waals surface area contributed by atoms with Gasteiger partial charge in [-0.3, -0.25) is 9.59 Å². The zero-order chi connectivity index (χ0) is 23.5. The van der Waals surface area contributed by atoms with E-state index in [1.54, 1.807) is 6.07 Å². The van der Waals surface area contributed by atoms with Gasteiger partial charge in [-0.25, -0.2) is 4.79 Å². The second-order valence-corrected chi connectivity index (χ2v) is 7.62. The van der Waals surface area contributed by atoms with Gasteiger partial charge in [0.2, 0.25) is 0 Å². The van der Waals surface area contributed by atoms with E-state index in [0.29, 0.717) is 29.8 Å². The molecule has 1 heterocycles. The number of Topliss-reactive ketones (excluding diaryl/α,β-unsaturated/α-hetero) is 1. The number of nitrogens with zero attached hydrogens (tertiary/aromatic N) is 1. The Morgan fingerprint density at radius 1 is 1.00 bits per heavy atom. The number of carbonyl (C=O) groups excluding carboxylic acids is 3. The molecule has 8 nitrogen and oxygen atoms in total. The van der Waals surface area contributed by atoms with E-state index < -0.39 is 17.7 Å². The molecular weight excluding hydrogens is 436 g/mol. The maximum absolute atomic E-state index is 13.1. The first-order chi connectivity index (χ1) is 16.0. The van der Waals surface area contributed by atoms with Gasteiger partial charge in [-0.2, -0.15) is 0 Å². The Morgan fingerprint density at radius 3 is 2.32 bits per heavy atom. The number of fused-ring (bicyclic) bond motifs is 3. The standard InChI is InChI=1S/C26H24N2O5.H2O/c1-3-19-22(25(30)26(27)31)23-20(33-15-21(29)32-2)13-17-11-7-8-12-18(17)24(23)28(19)14-16-9-5-4-6-10-16;/h4-13H,3,14-15H2,1-2H3,(H2,27,31);1H2. The molecule has 0 radical (unpaired) electrons. The zero-order valence-electron chi connectivity index (χ0n) is 19.0. The fourth-order valence-corrected chi connectivity index (χ4v) is 4.22. The van der Waals surface area contributed by atoms with Crippen molar-refractivity contribution in [2.45, 2.75) is 19.9 Å². The molecule has 8 heteroatoms. The summed E-state index contributed by atoms with van der Waals surface area (Å²) in [6.07, 6.45) is 0.487. The van der Waals surface area contributed by atoms with Gasteiger partial charge in [-0.1, -0.05) is 61.5 Å². The molecule has 0 spiro atoms. The van der Waals surface area contributed by atoms with E-state index in [9.17, 15) is 14.4 Å². The summed E-state index contributed by atoms with van der Waals surface area (Å²) in [5.74, 6) is -2.07. The smallest absolute Gasteiger partial charge is 0.343 e. The maximum atomic E-state index is 13.1. The molecule has 176 valence electrons. The van der Waals surface area contributed by atoms with Crippen molar-refractivity contribution in [2.24, 2.45) is 5.73 Å². The van der Waals surface area contributed by atoms with Gasteiger partial charge in [0, 0.05) is 17.6 Å². The molecule has 1 amide bonds. The summed E-state index contributed by atoms with van der Waals surface area (Å²) in [5, 5.41) is 2.23. The van der Waals surface area contributed by atoms with Crippen molar-refractivity contribution in [2.75, 3.05) is 13.7 Å². The first kappa shape index (κ1) is 24.5. The van der Waals surface area contributed by atoms with Crippen molar-refractivity contribution in [3.05, 3.63) is 77.5 Å². The maximum Gasteiger partial charge on any atom is 0.343 e. The van der Waals surface area contributed by atoms with E-state index in [1.165, 1.54) is 7.11 Å². The van der Waals surface area contributed by atoms with E-state index in [1.807, 2.05) is 66.1 Å². The molecule has 0 aliphatic heterocycles. The van der Waals surface area contributed by atoms with E-state index >= 15 is 0 Å². The average Bonchev–Trinajstić information content (AvgIpc) is 3.16.